The molecule has 33 heavy (non-hydrogen) atoms. The van der Waals surface area contributed by atoms with Gasteiger partial charge in [-0.15, -0.1) is 0 Å². The number of rotatable bonds is 9. The summed E-state index contributed by atoms with van der Waals surface area (Å²) >= 11 is 3.55. The van der Waals surface area contributed by atoms with Crippen molar-refractivity contribution in [2.24, 2.45) is 0 Å². The van der Waals surface area contributed by atoms with Crippen LogP contribution in [0, 0.1) is 13.8 Å². The Labute approximate surface area is 205 Å². The van der Waals surface area contributed by atoms with Gasteiger partial charge in [-0.3, -0.25) is 9.59 Å². The molecule has 0 aliphatic rings. The van der Waals surface area contributed by atoms with Crippen LogP contribution < -0.4 is 14.8 Å². The zero-order valence-electron chi connectivity index (χ0n) is 20.6. The standard InChI is InChI=1S/C26H35BrN2O4/c1-8-22(25(31)28-26(4,5)6)29(15-19-10-9-11-20(14-19)32-7)23(30)16-33-21-12-17(2)24(27)18(3)13-21/h9-14,22H,8,15-16H2,1-7H3,(H,28,31). The average molecular weight is 519 g/mol. The molecule has 2 amide bonds. The lowest BCUT2D eigenvalue weighted by molar-refractivity contribution is -0.143. The first-order valence-corrected chi connectivity index (χ1v) is 11.9. The van der Waals surface area contributed by atoms with Crippen LogP contribution in [-0.2, 0) is 16.1 Å². The smallest absolute Gasteiger partial charge is 0.261 e. The lowest BCUT2D eigenvalue weighted by Gasteiger charge is -2.33. The molecule has 1 N–H and O–H groups in total. The van der Waals surface area contributed by atoms with Gasteiger partial charge in [-0.2, -0.15) is 0 Å². The van der Waals surface area contributed by atoms with Crippen molar-refractivity contribution in [1.82, 2.24) is 10.2 Å². The fourth-order valence-electron chi connectivity index (χ4n) is 3.56. The number of carbonyl (C=O) groups excluding carboxylic acids is 2. The average Bonchev–Trinajstić information content (AvgIpc) is 2.74. The minimum atomic E-state index is -0.625. The van der Waals surface area contributed by atoms with E-state index in [1.165, 1.54) is 0 Å². The van der Waals surface area contributed by atoms with E-state index < -0.39 is 11.6 Å². The maximum atomic E-state index is 13.4. The van der Waals surface area contributed by atoms with Crippen LogP contribution in [0.25, 0.3) is 0 Å². The van der Waals surface area contributed by atoms with Crippen LogP contribution in [-0.4, -0.2) is 42.0 Å². The van der Waals surface area contributed by atoms with Gasteiger partial charge in [0, 0.05) is 16.6 Å². The van der Waals surface area contributed by atoms with E-state index in [1.807, 2.05) is 77.9 Å². The molecule has 0 aliphatic carbocycles. The molecule has 1 unspecified atom stereocenters. The van der Waals surface area contributed by atoms with E-state index in [1.54, 1.807) is 12.0 Å². The molecule has 2 aromatic carbocycles. The van der Waals surface area contributed by atoms with E-state index in [-0.39, 0.29) is 25.0 Å². The Hall–Kier alpha value is -2.54. The summed E-state index contributed by atoms with van der Waals surface area (Å²) < 4.78 is 12.2. The summed E-state index contributed by atoms with van der Waals surface area (Å²) in [5, 5.41) is 3.01. The molecule has 0 aromatic heterocycles. The molecule has 0 bridgehead atoms. The predicted octanol–water partition coefficient (Wildman–Crippen LogP) is 5.18. The molecule has 0 aliphatic heterocycles. The number of hydrogen-bond donors (Lipinski definition) is 1. The Morgan fingerprint density at radius 2 is 1.73 bits per heavy atom. The fraction of sp³-hybridized carbons (Fsp3) is 0.462. The van der Waals surface area contributed by atoms with E-state index >= 15 is 0 Å². The van der Waals surface area contributed by atoms with Crippen molar-refractivity contribution in [2.45, 2.75) is 66.1 Å². The number of hydrogen-bond acceptors (Lipinski definition) is 4. The third-order valence-electron chi connectivity index (χ3n) is 5.14. The van der Waals surface area contributed by atoms with Gasteiger partial charge in [0.25, 0.3) is 5.91 Å². The summed E-state index contributed by atoms with van der Waals surface area (Å²) in [6.07, 6.45) is 0.480. The largest absolute Gasteiger partial charge is 0.497 e. The van der Waals surface area contributed by atoms with Gasteiger partial charge < -0.3 is 19.7 Å². The van der Waals surface area contributed by atoms with Crippen molar-refractivity contribution in [1.29, 1.82) is 0 Å². The molecule has 0 heterocycles. The summed E-state index contributed by atoms with van der Waals surface area (Å²) in [5.41, 5.74) is 2.53. The number of benzene rings is 2. The minimum Gasteiger partial charge on any atom is -0.497 e. The molecule has 0 fully saturated rings. The Bertz CT molecular complexity index is 961. The van der Waals surface area contributed by atoms with E-state index in [2.05, 4.69) is 21.2 Å². The second-order valence-corrected chi connectivity index (χ2v) is 9.99. The van der Waals surface area contributed by atoms with E-state index in [9.17, 15) is 9.59 Å². The van der Waals surface area contributed by atoms with Crippen molar-refractivity contribution in [3.63, 3.8) is 0 Å². The highest BCUT2D eigenvalue weighted by atomic mass is 79.9. The SMILES string of the molecule is CCC(C(=O)NC(C)(C)C)N(Cc1cccc(OC)c1)C(=O)COc1cc(C)c(Br)c(C)c1. The highest BCUT2D eigenvalue weighted by Gasteiger charge is 2.31. The third-order valence-corrected chi connectivity index (χ3v) is 6.39. The first-order valence-electron chi connectivity index (χ1n) is 11.1. The van der Waals surface area contributed by atoms with Gasteiger partial charge in [-0.25, -0.2) is 0 Å². The van der Waals surface area contributed by atoms with E-state index in [0.29, 0.717) is 17.9 Å². The first kappa shape index (κ1) is 26.7. The van der Waals surface area contributed by atoms with Crippen LogP contribution in [0.15, 0.2) is 40.9 Å². The number of ether oxygens (including phenoxy) is 2. The Morgan fingerprint density at radius 3 is 2.27 bits per heavy atom. The minimum absolute atomic E-state index is 0.163. The molecule has 6 nitrogen and oxygen atoms in total. The van der Waals surface area contributed by atoms with Gasteiger partial charge in [0.15, 0.2) is 6.61 Å². The van der Waals surface area contributed by atoms with Crippen LogP contribution in [0.4, 0.5) is 0 Å². The maximum absolute atomic E-state index is 13.4. The number of halogens is 1. The summed E-state index contributed by atoms with van der Waals surface area (Å²) in [7, 11) is 1.60. The Kier molecular flexibility index (Phi) is 9.35. The number of methoxy groups -OCH3 is 1. The second kappa shape index (κ2) is 11.5. The fourth-order valence-corrected chi connectivity index (χ4v) is 3.79. The normalized spacial score (nSPS) is 12.1. The Morgan fingerprint density at radius 1 is 1.09 bits per heavy atom. The monoisotopic (exact) mass is 518 g/mol. The zero-order valence-corrected chi connectivity index (χ0v) is 22.2. The molecule has 0 saturated heterocycles. The maximum Gasteiger partial charge on any atom is 0.261 e. The molecule has 1 atom stereocenters. The van der Waals surface area contributed by atoms with Crippen LogP contribution >= 0.6 is 15.9 Å². The number of amides is 2. The second-order valence-electron chi connectivity index (χ2n) is 9.20. The molecular formula is C26H35BrN2O4. The van der Waals surface area contributed by atoms with Crippen molar-refractivity contribution < 1.29 is 19.1 Å². The molecule has 0 spiro atoms. The van der Waals surface area contributed by atoms with Crippen molar-refractivity contribution in [3.05, 3.63) is 57.6 Å². The van der Waals surface area contributed by atoms with Crippen LogP contribution in [0.5, 0.6) is 11.5 Å². The van der Waals surface area contributed by atoms with Crippen LogP contribution in [0.2, 0.25) is 0 Å². The third kappa shape index (κ3) is 7.77. The van der Waals surface area contributed by atoms with Crippen molar-refractivity contribution in [3.8, 4) is 11.5 Å². The molecule has 2 rings (SSSR count). The highest BCUT2D eigenvalue weighted by Crippen LogP contribution is 2.26. The number of aryl methyl sites for hydroxylation is 2. The Balaban J connectivity index is 2.29. The van der Waals surface area contributed by atoms with Gasteiger partial charge in [-0.05, 0) is 82.0 Å². The predicted molar refractivity (Wildman–Crippen MR) is 135 cm³/mol. The van der Waals surface area contributed by atoms with Gasteiger partial charge in [0.2, 0.25) is 5.91 Å². The van der Waals surface area contributed by atoms with Gasteiger partial charge in [0.1, 0.15) is 17.5 Å². The summed E-state index contributed by atoms with van der Waals surface area (Å²) in [5.74, 6) is 0.878. The van der Waals surface area contributed by atoms with Crippen LogP contribution in [0.3, 0.4) is 0 Å². The van der Waals surface area contributed by atoms with Gasteiger partial charge in [0.05, 0.1) is 7.11 Å². The quantitative estimate of drug-likeness (QED) is 0.496. The topological polar surface area (TPSA) is 67.9 Å². The van der Waals surface area contributed by atoms with Gasteiger partial charge in [-0.1, -0.05) is 35.0 Å². The molecule has 180 valence electrons. The molecule has 0 radical (unpaired) electrons. The number of nitrogens with one attached hydrogen (secondary N) is 1. The summed E-state index contributed by atoms with van der Waals surface area (Å²) in [4.78, 5) is 28.0. The van der Waals surface area contributed by atoms with E-state index in [0.717, 1.165) is 21.2 Å². The molecule has 7 heteroatoms. The number of nitrogens with zero attached hydrogens (tertiary/aromatic N) is 1. The number of carbonyl (C=O) groups is 2. The van der Waals surface area contributed by atoms with Crippen LogP contribution in [0.1, 0.15) is 50.8 Å². The lowest BCUT2D eigenvalue weighted by Crippen LogP contribution is -2.54. The molecular weight excluding hydrogens is 484 g/mol. The van der Waals surface area contributed by atoms with Crippen molar-refractivity contribution in [2.75, 3.05) is 13.7 Å². The van der Waals surface area contributed by atoms with Gasteiger partial charge >= 0.3 is 0 Å². The highest BCUT2D eigenvalue weighted by molar-refractivity contribution is 9.10. The first-order chi connectivity index (χ1) is 15.4. The van der Waals surface area contributed by atoms with E-state index in [4.69, 9.17) is 9.47 Å². The summed E-state index contributed by atoms with van der Waals surface area (Å²) in [6, 6.07) is 10.7. The zero-order chi connectivity index (χ0) is 24.8. The summed E-state index contributed by atoms with van der Waals surface area (Å²) in [6.45, 7) is 11.7. The lowest BCUT2D eigenvalue weighted by atomic mass is 10.1. The molecule has 0 saturated carbocycles. The van der Waals surface area contributed by atoms with Crippen molar-refractivity contribution >= 4 is 27.7 Å². The molecule has 2 aromatic rings.